The second kappa shape index (κ2) is 5.95. The number of halogens is 2. The van der Waals surface area contributed by atoms with Crippen molar-refractivity contribution in [2.45, 2.75) is 0 Å². The first-order valence-corrected chi connectivity index (χ1v) is 7.33. The summed E-state index contributed by atoms with van der Waals surface area (Å²) in [5.74, 6) is -1.17. The number of rotatable bonds is 3. The number of nitrogens with zero attached hydrogens (tertiary/aromatic N) is 1. The van der Waals surface area contributed by atoms with Crippen LogP contribution in [-0.2, 0) is 9.59 Å². The minimum Gasteiger partial charge on any atom is -0.506 e. The number of phenolic OH excluding ortho intramolecular Hbond substituents is 1. The number of carbonyl (C=O) groups is 2. The van der Waals surface area contributed by atoms with E-state index in [1.807, 2.05) is 0 Å². The van der Waals surface area contributed by atoms with Crippen LogP contribution in [-0.4, -0.2) is 16.9 Å². The van der Waals surface area contributed by atoms with Crippen LogP contribution in [0.15, 0.2) is 54.2 Å². The maximum absolute atomic E-state index is 12.4. The molecular formula is C16H10Cl2N2O3. The zero-order valence-electron chi connectivity index (χ0n) is 11.6. The van der Waals surface area contributed by atoms with Gasteiger partial charge in [0.1, 0.15) is 11.4 Å². The molecule has 0 unspecified atom stereocenters. The van der Waals surface area contributed by atoms with Gasteiger partial charge in [0.05, 0.1) is 21.4 Å². The molecule has 0 bridgehead atoms. The van der Waals surface area contributed by atoms with Crippen LogP contribution in [0.4, 0.5) is 11.4 Å². The number of carbonyl (C=O) groups excluding carboxylic acids is 2. The van der Waals surface area contributed by atoms with Crippen molar-refractivity contribution in [2.75, 3.05) is 10.2 Å². The maximum Gasteiger partial charge on any atom is 0.281 e. The van der Waals surface area contributed by atoms with Gasteiger partial charge in [-0.3, -0.25) is 9.59 Å². The molecule has 3 rings (SSSR count). The molecule has 0 saturated carbocycles. The molecule has 1 aliphatic heterocycles. The number of aromatic hydroxyl groups is 1. The van der Waals surface area contributed by atoms with Gasteiger partial charge >= 0.3 is 0 Å². The van der Waals surface area contributed by atoms with Crippen molar-refractivity contribution in [3.05, 3.63) is 64.3 Å². The predicted octanol–water partition coefficient (Wildman–Crippen LogP) is 3.57. The second-order valence-electron chi connectivity index (χ2n) is 4.78. The second-order valence-corrected chi connectivity index (χ2v) is 5.60. The lowest BCUT2D eigenvalue weighted by atomic mass is 10.2. The Morgan fingerprint density at radius 1 is 1.00 bits per heavy atom. The number of phenols is 1. The van der Waals surface area contributed by atoms with Crippen LogP contribution in [0.3, 0.4) is 0 Å². The quantitative estimate of drug-likeness (QED) is 0.657. The van der Waals surface area contributed by atoms with Crippen molar-refractivity contribution >= 4 is 46.4 Å². The summed E-state index contributed by atoms with van der Waals surface area (Å²) in [6, 6.07) is 11.2. The molecule has 5 nitrogen and oxygen atoms in total. The van der Waals surface area contributed by atoms with Gasteiger partial charge in [0.15, 0.2) is 0 Å². The fraction of sp³-hybridized carbons (Fsp3) is 0. The van der Waals surface area contributed by atoms with E-state index in [1.165, 1.54) is 12.1 Å². The summed E-state index contributed by atoms with van der Waals surface area (Å²) in [6.07, 6.45) is 1.16. The Kier molecular flexibility index (Phi) is 3.98. The highest BCUT2D eigenvalue weighted by Crippen LogP contribution is 2.35. The lowest BCUT2D eigenvalue weighted by Crippen LogP contribution is -2.31. The number of benzene rings is 2. The lowest BCUT2D eigenvalue weighted by Gasteiger charge is -2.15. The summed E-state index contributed by atoms with van der Waals surface area (Å²) in [6.45, 7) is 0. The van der Waals surface area contributed by atoms with Gasteiger partial charge in [0, 0.05) is 12.1 Å². The lowest BCUT2D eigenvalue weighted by molar-refractivity contribution is -0.120. The zero-order chi connectivity index (χ0) is 16.6. The molecule has 0 aliphatic carbocycles. The minimum atomic E-state index is -0.522. The summed E-state index contributed by atoms with van der Waals surface area (Å²) < 4.78 is 0. The number of nitrogens with one attached hydrogen (secondary N) is 1. The van der Waals surface area contributed by atoms with Crippen LogP contribution in [0.25, 0.3) is 0 Å². The van der Waals surface area contributed by atoms with Crippen LogP contribution in [0, 0.1) is 0 Å². The number of amides is 2. The van der Waals surface area contributed by atoms with Crippen LogP contribution >= 0.6 is 23.2 Å². The SMILES string of the molecule is O=C1C=C(Nc2cc(Cl)c(Cl)cc2O)C(=O)N1c1ccccc1. The molecule has 2 N–H and O–H groups in total. The number of hydrogen-bond donors (Lipinski definition) is 2. The predicted molar refractivity (Wildman–Crippen MR) is 88.8 cm³/mol. The van der Waals surface area contributed by atoms with Crippen molar-refractivity contribution in [1.82, 2.24) is 0 Å². The minimum absolute atomic E-state index is 0.0348. The van der Waals surface area contributed by atoms with E-state index in [0.29, 0.717) is 5.69 Å². The fourth-order valence-corrected chi connectivity index (χ4v) is 2.48. The number of imide groups is 1. The molecule has 1 heterocycles. The van der Waals surface area contributed by atoms with Gasteiger partial charge in [-0.05, 0) is 18.2 Å². The van der Waals surface area contributed by atoms with Gasteiger partial charge in [-0.2, -0.15) is 0 Å². The van der Waals surface area contributed by atoms with Gasteiger partial charge in [-0.25, -0.2) is 4.90 Å². The third-order valence-electron chi connectivity index (χ3n) is 3.24. The van der Waals surface area contributed by atoms with Crippen LogP contribution in [0.1, 0.15) is 0 Å². The van der Waals surface area contributed by atoms with E-state index in [1.54, 1.807) is 30.3 Å². The molecule has 2 amide bonds. The number of anilines is 2. The summed E-state index contributed by atoms with van der Waals surface area (Å²) in [5, 5.41) is 13.0. The van der Waals surface area contributed by atoms with E-state index in [-0.39, 0.29) is 27.2 Å². The highest BCUT2D eigenvalue weighted by molar-refractivity contribution is 6.42. The Morgan fingerprint density at radius 3 is 2.35 bits per heavy atom. The van der Waals surface area contributed by atoms with Crippen molar-refractivity contribution in [2.24, 2.45) is 0 Å². The Hall–Kier alpha value is -2.50. The average molecular weight is 349 g/mol. The summed E-state index contributed by atoms with van der Waals surface area (Å²) in [7, 11) is 0. The van der Waals surface area contributed by atoms with E-state index in [4.69, 9.17) is 23.2 Å². The first-order valence-electron chi connectivity index (χ1n) is 6.57. The summed E-state index contributed by atoms with van der Waals surface area (Å²) in [5.41, 5.74) is 0.683. The molecule has 0 aromatic heterocycles. The number of hydrogen-bond acceptors (Lipinski definition) is 4. The van der Waals surface area contributed by atoms with Crippen LogP contribution in [0.5, 0.6) is 5.75 Å². The van der Waals surface area contributed by atoms with E-state index >= 15 is 0 Å². The highest BCUT2D eigenvalue weighted by atomic mass is 35.5. The van der Waals surface area contributed by atoms with Gasteiger partial charge in [-0.15, -0.1) is 0 Å². The van der Waals surface area contributed by atoms with Crippen molar-refractivity contribution < 1.29 is 14.7 Å². The monoisotopic (exact) mass is 348 g/mol. The first-order chi connectivity index (χ1) is 11.0. The van der Waals surface area contributed by atoms with E-state index in [0.717, 1.165) is 11.0 Å². The van der Waals surface area contributed by atoms with Crippen molar-refractivity contribution in [3.8, 4) is 5.75 Å². The molecule has 2 aromatic rings. The molecule has 0 radical (unpaired) electrons. The summed E-state index contributed by atoms with van der Waals surface area (Å²) in [4.78, 5) is 25.5. The molecule has 2 aromatic carbocycles. The Bertz CT molecular complexity index is 835. The molecule has 0 saturated heterocycles. The molecule has 23 heavy (non-hydrogen) atoms. The van der Waals surface area contributed by atoms with Gasteiger partial charge in [0.2, 0.25) is 0 Å². The van der Waals surface area contributed by atoms with Gasteiger partial charge < -0.3 is 10.4 Å². The molecule has 7 heteroatoms. The molecule has 0 fully saturated rings. The highest BCUT2D eigenvalue weighted by Gasteiger charge is 2.32. The normalized spacial score (nSPS) is 14.2. The van der Waals surface area contributed by atoms with Crippen molar-refractivity contribution in [1.29, 1.82) is 0 Å². The molecule has 0 atom stereocenters. The van der Waals surface area contributed by atoms with E-state index < -0.39 is 11.8 Å². The van der Waals surface area contributed by atoms with Gasteiger partial charge in [0.25, 0.3) is 11.8 Å². The average Bonchev–Trinajstić information content (AvgIpc) is 2.80. The Labute approximate surface area is 141 Å². The van der Waals surface area contributed by atoms with E-state index in [9.17, 15) is 14.7 Å². The number of para-hydroxylation sites is 1. The standard InChI is InChI=1S/C16H10Cl2N2O3/c17-10-6-12(14(21)7-11(10)18)19-13-8-15(22)20(16(13)23)9-4-2-1-3-5-9/h1-8,19,21H. The molecule has 1 aliphatic rings. The van der Waals surface area contributed by atoms with Crippen LogP contribution in [0.2, 0.25) is 10.0 Å². The zero-order valence-corrected chi connectivity index (χ0v) is 13.1. The summed E-state index contributed by atoms with van der Waals surface area (Å²) >= 11 is 11.7. The maximum atomic E-state index is 12.4. The third kappa shape index (κ3) is 2.88. The third-order valence-corrected chi connectivity index (χ3v) is 3.97. The first kappa shape index (κ1) is 15.4. The molecule has 116 valence electrons. The fourth-order valence-electron chi connectivity index (χ4n) is 2.16. The molecule has 0 spiro atoms. The van der Waals surface area contributed by atoms with Crippen LogP contribution < -0.4 is 10.2 Å². The van der Waals surface area contributed by atoms with Gasteiger partial charge in [-0.1, -0.05) is 41.4 Å². The van der Waals surface area contributed by atoms with Crippen molar-refractivity contribution in [3.63, 3.8) is 0 Å². The largest absolute Gasteiger partial charge is 0.506 e. The molecular weight excluding hydrogens is 339 g/mol. The Morgan fingerprint density at radius 2 is 1.65 bits per heavy atom. The van der Waals surface area contributed by atoms with E-state index in [2.05, 4.69) is 5.32 Å². The Balaban J connectivity index is 1.88. The topological polar surface area (TPSA) is 69.6 Å². The smallest absolute Gasteiger partial charge is 0.281 e.